The summed E-state index contributed by atoms with van der Waals surface area (Å²) in [5.74, 6) is -0.227. The standard InChI is InChI=1S/C14H12BrClN2O/c1-8-2-4-10(15)13(6-8)18-14(19)9-3-5-11(16)12(17)7-9/h2-7H,17H2,1H3,(H,18,19). The van der Waals surface area contributed by atoms with Gasteiger partial charge in [0.25, 0.3) is 5.91 Å². The zero-order valence-corrected chi connectivity index (χ0v) is 12.5. The van der Waals surface area contributed by atoms with Crippen LogP contribution < -0.4 is 11.1 Å². The number of aryl methyl sites for hydroxylation is 1. The maximum Gasteiger partial charge on any atom is 0.255 e. The average Bonchev–Trinajstić information content (AvgIpc) is 2.37. The van der Waals surface area contributed by atoms with Crippen molar-refractivity contribution >= 4 is 44.8 Å². The minimum absolute atomic E-state index is 0.227. The molecule has 2 rings (SSSR count). The van der Waals surface area contributed by atoms with Crippen LogP contribution in [0.3, 0.4) is 0 Å². The lowest BCUT2D eigenvalue weighted by Gasteiger charge is -2.09. The fourth-order valence-electron chi connectivity index (χ4n) is 1.61. The lowest BCUT2D eigenvalue weighted by molar-refractivity contribution is 0.102. The second-order valence-electron chi connectivity index (χ2n) is 4.17. The van der Waals surface area contributed by atoms with E-state index in [1.807, 2.05) is 25.1 Å². The van der Waals surface area contributed by atoms with E-state index < -0.39 is 0 Å². The van der Waals surface area contributed by atoms with Gasteiger partial charge in [0.15, 0.2) is 0 Å². The van der Waals surface area contributed by atoms with Crippen molar-refractivity contribution in [3.05, 3.63) is 57.0 Å². The quantitative estimate of drug-likeness (QED) is 0.804. The third-order valence-electron chi connectivity index (χ3n) is 2.63. The normalized spacial score (nSPS) is 10.3. The second-order valence-corrected chi connectivity index (χ2v) is 5.44. The number of nitrogen functional groups attached to an aromatic ring is 1. The van der Waals surface area contributed by atoms with Crippen molar-refractivity contribution < 1.29 is 4.79 Å². The molecule has 0 fully saturated rings. The van der Waals surface area contributed by atoms with Gasteiger partial charge in [0.1, 0.15) is 0 Å². The topological polar surface area (TPSA) is 55.1 Å². The highest BCUT2D eigenvalue weighted by Gasteiger charge is 2.10. The van der Waals surface area contributed by atoms with Crippen LogP contribution in [0.25, 0.3) is 0 Å². The molecule has 0 aliphatic heterocycles. The third kappa shape index (κ3) is 3.28. The Morgan fingerprint density at radius 2 is 2.00 bits per heavy atom. The molecule has 98 valence electrons. The Balaban J connectivity index is 2.25. The lowest BCUT2D eigenvalue weighted by Crippen LogP contribution is -2.12. The van der Waals surface area contributed by atoms with Gasteiger partial charge in [-0.2, -0.15) is 0 Å². The number of benzene rings is 2. The molecule has 1 amide bonds. The molecule has 3 N–H and O–H groups in total. The Bertz CT molecular complexity index is 643. The minimum atomic E-state index is -0.227. The number of amides is 1. The van der Waals surface area contributed by atoms with E-state index in [1.165, 1.54) is 0 Å². The van der Waals surface area contributed by atoms with Gasteiger partial charge in [-0.15, -0.1) is 0 Å². The SMILES string of the molecule is Cc1ccc(Br)c(NC(=O)c2ccc(Cl)c(N)c2)c1. The Hall–Kier alpha value is -1.52. The van der Waals surface area contributed by atoms with E-state index in [0.717, 1.165) is 15.7 Å². The molecule has 0 radical (unpaired) electrons. The summed E-state index contributed by atoms with van der Waals surface area (Å²) >= 11 is 9.22. The Morgan fingerprint density at radius 1 is 1.26 bits per heavy atom. The van der Waals surface area contributed by atoms with Gasteiger partial charge in [-0.25, -0.2) is 0 Å². The number of carbonyl (C=O) groups is 1. The molecule has 3 nitrogen and oxygen atoms in total. The van der Waals surface area contributed by atoms with Crippen LogP contribution >= 0.6 is 27.5 Å². The van der Waals surface area contributed by atoms with Gasteiger partial charge in [-0.3, -0.25) is 4.79 Å². The highest BCUT2D eigenvalue weighted by Crippen LogP contribution is 2.25. The Morgan fingerprint density at radius 3 is 2.68 bits per heavy atom. The van der Waals surface area contributed by atoms with Crippen LogP contribution in [0.1, 0.15) is 15.9 Å². The summed E-state index contributed by atoms with van der Waals surface area (Å²) in [4.78, 5) is 12.1. The van der Waals surface area contributed by atoms with E-state index in [0.29, 0.717) is 16.3 Å². The summed E-state index contributed by atoms with van der Waals surface area (Å²) in [6.45, 7) is 1.96. The van der Waals surface area contributed by atoms with Crippen LogP contribution in [0.15, 0.2) is 40.9 Å². The fraction of sp³-hybridized carbons (Fsp3) is 0.0714. The predicted octanol–water partition coefficient (Wildman–Crippen LogP) is 4.25. The molecule has 2 aromatic carbocycles. The highest BCUT2D eigenvalue weighted by atomic mass is 79.9. The Labute approximate surface area is 124 Å². The number of nitrogens with one attached hydrogen (secondary N) is 1. The summed E-state index contributed by atoms with van der Waals surface area (Å²) in [5.41, 5.74) is 8.32. The smallest absolute Gasteiger partial charge is 0.255 e. The average molecular weight is 340 g/mol. The summed E-state index contributed by atoms with van der Waals surface area (Å²) in [5, 5.41) is 3.27. The van der Waals surface area contributed by atoms with Crippen LogP contribution in [0.2, 0.25) is 5.02 Å². The molecule has 5 heteroatoms. The monoisotopic (exact) mass is 338 g/mol. The van der Waals surface area contributed by atoms with Crippen molar-refractivity contribution in [1.29, 1.82) is 0 Å². The largest absolute Gasteiger partial charge is 0.398 e. The van der Waals surface area contributed by atoms with Crippen LogP contribution in [0.4, 0.5) is 11.4 Å². The van der Waals surface area contributed by atoms with Crippen molar-refractivity contribution in [2.45, 2.75) is 6.92 Å². The number of nitrogens with two attached hydrogens (primary N) is 1. The van der Waals surface area contributed by atoms with E-state index in [4.69, 9.17) is 17.3 Å². The molecule has 0 aliphatic rings. The molecule has 0 atom stereocenters. The molecule has 2 aromatic rings. The number of rotatable bonds is 2. The summed E-state index contributed by atoms with van der Waals surface area (Å²) in [6, 6.07) is 10.5. The van der Waals surface area contributed by atoms with Gasteiger partial charge in [-0.1, -0.05) is 17.7 Å². The van der Waals surface area contributed by atoms with E-state index in [9.17, 15) is 4.79 Å². The first-order valence-electron chi connectivity index (χ1n) is 5.60. The number of halogens is 2. The molecule has 0 saturated heterocycles. The number of hydrogen-bond acceptors (Lipinski definition) is 2. The Kier molecular flexibility index (Phi) is 4.12. The minimum Gasteiger partial charge on any atom is -0.398 e. The third-order valence-corrected chi connectivity index (χ3v) is 3.66. The number of anilines is 2. The molecular weight excluding hydrogens is 328 g/mol. The van der Waals surface area contributed by atoms with Crippen LogP contribution in [0.5, 0.6) is 0 Å². The summed E-state index contributed by atoms with van der Waals surface area (Å²) in [6.07, 6.45) is 0. The van der Waals surface area contributed by atoms with E-state index in [-0.39, 0.29) is 5.91 Å². The molecule has 19 heavy (non-hydrogen) atoms. The molecule has 0 aliphatic carbocycles. The van der Waals surface area contributed by atoms with Gasteiger partial charge in [0.05, 0.1) is 16.4 Å². The van der Waals surface area contributed by atoms with Gasteiger partial charge in [0, 0.05) is 10.0 Å². The van der Waals surface area contributed by atoms with E-state index in [2.05, 4.69) is 21.2 Å². The molecule has 0 heterocycles. The van der Waals surface area contributed by atoms with Gasteiger partial charge >= 0.3 is 0 Å². The van der Waals surface area contributed by atoms with E-state index >= 15 is 0 Å². The predicted molar refractivity (Wildman–Crippen MR) is 82.7 cm³/mol. The maximum absolute atomic E-state index is 12.1. The first kappa shape index (κ1) is 13.9. The van der Waals surface area contributed by atoms with Gasteiger partial charge < -0.3 is 11.1 Å². The molecule has 0 saturated carbocycles. The molecule has 0 spiro atoms. The first-order chi connectivity index (χ1) is 8.97. The van der Waals surface area contributed by atoms with Crippen LogP contribution in [-0.2, 0) is 0 Å². The van der Waals surface area contributed by atoms with Gasteiger partial charge in [0.2, 0.25) is 0 Å². The molecule has 0 unspecified atom stereocenters. The highest BCUT2D eigenvalue weighted by molar-refractivity contribution is 9.10. The van der Waals surface area contributed by atoms with Crippen LogP contribution in [0, 0.1) is 6.92 Å². The van der Waals surface area contributed by atoms with Crippen molar-refractivity contribution in [2.75, 3.05) is 11.1 Å². The van der Waals surface area contributed by atoms with Crippen molar-refractivity contribution in [3.8, 4) is 0 Å². The van der Waals surface area contributed by atoms with Crippen LogP contribution in [-0.4, -0.2) is 5.91 Å². The molecular formula is C14H12BrClN2O. The van der Waals surface area contributed by atoms with Crippen molar-refractivity contribution in [2.24, 2.45) is 0 Å². The maximum atomic E-state index is 12.1. The first-order valence-corrected chi connectivity index (χ1v) is 6.77. The van der Waals surface area contributed by atoms with Crippen molar-refractivity contribution in [3.63, 3.8) is 0 Å². The zero-order valence-electron chi connectivity index (χ0n) is 10.2. The zero-order chi connectivity index (χ0) is 14.0. The second kappa shape index (κ2) is 5.63. The fourth-order valence-corrected chi connectivity index (χ4v) is 2.08. The van der Waals surface area contributed by atoms with E-state index in [1.54, 1.807) is 18.2 Å². The summed E-state index contributed by atoms with van der Waals surface area (Å²) < 4.78 is 0.827. The number of hydrogen-bond donors (Lipinski definition) is 2. The molecule has 0 aromatic heterocycles. The lowest BCUT2D eigenvalue weighted by atomic mass is 10.1. The van der Waals surface area contributed by atoms with Crippen molar-refractivity contribution in [1.82, 2.24) is 0 Å². The summed E-state index contributed by atoms with van der Waals surface area (Å²) in [7, 11) is 0. The number of carbonyl (C=O) groups excluding carboxylic acids is 1. The molecule has 0 bridgehead atoms. The van der Waals surface area contributed by atoms with Gasteiger partial charge in [-0.05, 0) is 58.7 Å².